The minimum Gasteiger partial charge on any atom is -0.493 e. The predicted molar refractivity (Wildman–Crippen MR) is 121 cm³/mol. The van der Waals surface area contributed by atoms with Crippen LogP contribution < -0.4 is 14.8 Å². The number of carbonyl (C=O) groups is 3. The molecule has 1 saturated heterocycles. The highest BCUT2D eigenvalue weighted by atomic mass is 35.5. The largest absolute Gasteiger partial charge is 0.493 e. The minimum absolute atomic E-state index is 0.214. The average molecular weight is 459 g/mol. The minimum atomic E-state index is -0.535. The normalized spacial score (nSPS) is 14.6. The number of nitrogens with zero attached hydrogens (tertiary/aromatic N) is 1. The number of ether oxygens (including phenoxy) is 2. The lowest BCUT2D eigenvalue weighted by Crippen LogP contribution is -2.36. The highest BCUT2D eigenvalue weighted by Gasteiger charge is 2.36. The number of rotatable bonds is 8. The first-order valence-corrected chi connectivity index (χ1v) is 10.3. The molecule has 0 radical (unpaired) electrons. The number of anilines is 1. The third-order valence-electron chi connectivity index (χ3n) is 4.15. The fourth-order valence-electron chi connectivity index (χ4n) is 2.71. The van der Waals surface area contributed by atoms with Gasteiger partial charge in [-0.15, -0.1) is 0 Å². The molecule has 2 aromatic rings. The van der Waals surface area contributed by atoms with Crippen LogP contribution in [0.5, 0.6) is 11.5 Å². The van der Waals surface area contributed by atoms with Crippen molar-refractivity contribution in [3.05, 3.63) is 70.6 Å². The number of thioether (sulfide) groups is 1. The average Bonchev–Trinajstić information content (AvgIpc) is 3.01. The SMILES string of the molecule is C=CCOc1ccc(/C=C2/SC(=O)N(CC(=O)Nc3ccc(Cl)cc3)C2=O)cc1OC. The molecule has 1 aliphatic heterocycles. The molecule has 1 N–H and O–H groups in total. The number of imide groups is 1. The molecule has 160 valence electrons. The van der Waals surface area contributed by atoms with Gasteiger partial charge in [0.1, 0.15) is 13.2 Å². The maximum absolute atomic E-state index is 12.7. The molecule has 0 aromatic heterocycles. The number of amides is 3. The van der Waals surface area contributed by atoms with E-state index in [9.17, 15) is 14.4 Å². The van der Waals surface area contributed by atoms with Gasteiger partial charge in [0, 0.05) is 10.7 Å². The van der Waals surface area contributed by atoms with Gasteiger partial charge in [-0.1, -0.05) is 30.3 Å². The van der Waals surface area contributed by atoms with Crippen molar-refractivity contribution in [1.29, 1.82) is 0 Å². The van der Waals surface area contributed by atoms with Gasteiger partial charge >= 0.3 is 0 Å². The molecule has 3 rings (SSSR count). The Balaban J connectivity index is 1.70. The zero-order chi connectivity index (χ0) is 22.4. The van der Waals surface area contributed by atoms with Crippen LogP contribution in [-0.4, -0.2) is 42.2 Å². The van der Waals surface area contributed by atoms with Crippen molar-refractivity contribution in [2.45, 2.75) is 0 Å². The molecule has 0 aliphatic carbocycles. The molecule has 31 heavy (non-hydrogen) atoms. The molecule has 1 aliphatic rings. The molecule has 0 spiro atoms. The summed E-state index contributed by atoms with van der Waals surface area (Å²) in [6, 6.07) is 11.7. The van der Waals surface area contributed by atoms with Crippen molar-refractivity contribution in [2.75, 3.05) is 25.6 Å². The lowest BCUT2D eigenvalue weighted by atomic mass is 10.2. The van der Waals surface area contributed by atoms with E-state index in [2.05, 4.69) is 11.9 Å². The Labute approximate surface area is 188 Å². The predicted octanol–water partition coefficient (Wildman–Crippen LogP) is 4.59. The smallest absolute Gasteiger partial charge is 0.294 e. The molecule has 0 bridgehead atoms. The van der Waals surface area contributed by atoms with Crippen LogP contribution in [0.3, 0.4) is 0 Å². The number of hydrogen-bond donors (Lipinski definition) is 1. The second-order valence-corrected chi connectivity index (χ2v) is 7.76. The second kappa shape index (κ2) is 10.2. The molecular weight excluding hydrogens is 440 g/mol. The molecule has 0 saturated carbocycles. The highest BCUT2D eigenvalue weighted by Crippen LogP contribution is 2.34. The van der Waals surface area contributed by atoms with Crippen LogP contribution >= 0.6 is 23.4 Å². The summed E-state index contributed by atoms with van der Waals surface area (Å²) in [5.74, 6) is -0.00725. The van der Waals surface area contributed by atoms with Crippen LogP contribution in [0, 0.1) is 0 Å². The van der Waals surface area contributed by atoms with Crippen LogP contribution in [0.25, 0.3) is 6.08 Å². The van der Waals surface area contributed by atoms with Crippen molar-refractivity contribution in [2.24, 2.45) is 0 Å². The summed E-state index contributed by atoms with van der Waals surface area (Å²) < 4.78 is 10.8. The molecule has 1 heterocycles. The fourth-order valence-corrected chi connectivity index (χ4v) is 3.67. The lowest BCUT2D eigenvalue weighted by molar-refractivity contribution is -0.127. The van der Waals surface area contributed by atoms with Crippen LogP contribution in [-0.2, 0) is 9.59 Å². The van der Waals surface area contributed by atoms with Crippen LogP contribution in [0.4, 0.5) is 10.5 Å². The molecule has 9 heteroatoms. The summed E-state index contributed by atoms with van der Waals surface area (Å²) in [6.07, 6.45) is 3.19. The van der Waals surface area contributed by atoms with Crippen molar-refractivity contribution in [3.63, 3.8) is 0 Å². The summed E-state index contributed by atoms with van der Waals surface area (Å²) in [7, 11) is 1.51. The standard InChI is InChI=1S/C22H19ClN2O5S/c1-3-10-30-17-9-4-14(11-18(17)29-2)12-19-21(27)25(22(28)31-19)13-20(26)24-16-7-5-15(23)6-8-16/h3-9,11-12H,1,10,13H2,2H3,(H,24,26)/b19-12+. The van der Waals surface area contributed by atoms with E-state index in [1.54, 1.807) is 54.6 Å². The number of halogens is 1. The Hall–Kier alpha value is -3.23. The molecule has 2 aromatic carbocycles. The Morgan fingerprint density at radius 3 is 2.61 bits per heavy atom. The van der Waals surface area contributed by atoms with Gasteiger partial charge in [0.15, 0.2) is 11.5 Å². The van der Waals surface area contributed by atoms with E-state index in [4.69, 9.17) is 21.1 Å². The number of nitrogens with one attached hydrogen (secondary N) is 1. The van der Waals surface area contributed by atoms with E-state index in [1.165, 1.54) is 7.11 Å². The molecule has 3 amide bonds. The summed E-state index contributed by atoms with van der Waals surface area (Å²) in [4.78, 5) is 38.3. The Morgan fingerprint density at radius 2 is 1.94 bits per heavy atom. The van der Waals surface area contributed by atoms with Crippen LogP contribution in [0.1, 0.15) is 5.56 Å². The van der Waals surface area contributed by atoms with E-state index >= 15 is 0 Å². The van der Waals surface area contributed by atoms with Gasteiger partial charge in [0.05, 0.1) is 12.0 Å². The molecular formula is C22H19ClN2O5S. The number of carbonyl (C=O) groups excluding carboxylic acids is 3. The quantitative estimate of drug-likeness (QED) is 0.460. The number of hydrogen-bond acceptors (Lipinski definition) is 6. The van der Waals surface area contributed by atoms with Gasteiger partial charge in [-0.05, 0) is 59.8 Å². The third kappa shape index (κ3) is 5.68. The topological polar surface area (TPSA) is 84.9 Å². The molecule has 1 fully saturated rings. The third-order valence-corrected chi connectivity index (χ3v) is 5.30. The first-order chi connectivity index (χ1) is 14.9. The van der Waals surface area contributed by atoms with Crippen molar-refractivity contribution in [3.8, 4) is 11.5 Å². The molecule has 0 atom stereocenters. The zero-order valence-electron chi connectivity index (χ0n) is 16.6. The summed E-state index contributed by atoms with van der Waals surface area (Å²) >= 11 is 6.59. The summed E-state index contributed by atoms with van der Waals surface area (Å²) in [5.41, 5.74) is 1.17. The summed E-state index contributed by atoms with van der Waals surface area (Å²) in [5, 5.41) is 2.65. The Kier molecular flexibility index (Phi) is 7.38. The zero-order valence-corrected chi connectivity index (χ0v) is 18.2. The molecule has 0 unspecified atom stereocenters. The second-order valence-electron chi connectivity index (χ2n) is 6.33. The van der Waals surface area contributed by atoms with Gasteiger partial charge < -0.3 is 14.8 Å². The first kappa shape index (κ1) is 22.5. The number of benzene rings is 2. The van der Waals surface area contributed by atoms with E-state index in [-0.39, 0.29) is 11.4 Å². The first-order valence-electron chi connectivity index (χ1n) is 9.14. The van der Waals surface area contributed by atoms with Gasteiger partial charge in [-0.2, -0.15) is 0 Å². The van der Waals surface area contributed by atoms with Gasteiger partial charge in [-0.3, -0.25) is 19.3 Å². The monoisotopic (exact) mass is 458 g/mol. The van der Waals surface area contributed by atoms with E-state index in [0.717, 1.165) is 16.7 Å². The van der Waals surface area contributed by atoms with E-state index in [0.29, 0.717) is 34.4 Å². The van der Waals surface area contributed by atoms with Crippen LogP contribution in [0.2, 0.25) is 5.02 Å². The lowest BCUT2D eigenvalue weighted by Gasteiger charge is -2.12. The highest BCUT2D eigenvalue weighted by molar-refractivity contribution is 8.18. The van der Waals surface area contributed by atoms with E-state index in [1.807, 2.05) is 0 Å². The fraction of sp³-hybridized carbons (Fsp3) is 0.136. The van der Waals surface area contributed by atoms with Crippen molar-refractivity contribution < 1.29 is 23.9 Å². The van der Waals surface area contributed by atoms with Gasteiger partial charge in [0.25, 0.3) is 11.1 Å². The maximum Gasteiger partial charge on any atom is 0.294 e. The van der Waals surface area contributed by atoms with Crippen LogP contribution in [0.15, 0.2) is 60.0 Å². The Morgan fingerprint density at radius 1 is 1.19 bits per heavy atom. The van der Waals surface area contributed by atoms with E-state index < -0.39 is 17.1 Å². The van der Waals surface area contributed by atoms with Crippen molar-refractivity contribution in [1.82, 2.24) is 4.90 Å². The van der Waals surface area contributed by atoms with Gasteiger partial charge in [-0.25, -0.2) is 0 Å². The number of methoxy groups -OCH3 is 1. The van der Waals surface area contributed by atoms with Crippen molar-refractivity contribution >= 4 is 52.2 Å². The Bertz CT molecular complexity index is 1050. The van der Waals surface area contributed by atoms with Gasteiger partial charge in [0.2, 0.25) is 5.91 Å². The molecule has 7 nitrogen and oxygen atoms in total. The summed E-state index contributed by atoms with van der Waals surface area (Å²) in [6.45, 7) is 3.54. The maximum atomic E-state index is 12.7.